The molecule has 0 aromatic heterocycles. The van der Waals surface area contributed by atoms with Crippen molar-refractivity contribution in [1.82, 2.24) is 0 Å². The minimum absolute atomic E-state index is 0.000807. The van der Waals surface area contributed by atoms with Gasteiger partial charge in [-0.15, -0.1) is 6.58 Å². The monoisotopic (exact) mass is 266 g/mol. The zero-order chi connectivity index (χ0) is 13.8. The van der Waals surface area contributed by atoms with E-state index in [9.17, 15) is 14.5 Å². The number of halogens is 1. The topological polar surface area (TPSA) is 55.6 Å². The van der Waals surface area contributed by atoms with Gasteiger partial charge in [0.05, 0.1) is 17.6 Å². The predicted molar refractivity (Wildman–Crippen MR) is 69.8 cm³/mol. The lowest BCUT2D eigenvalue weighted by Crippen LogP contribution is -2.24. The molecule has 1 saturated heterocycles. The summed E-state index contributed by atoms with van der Waals surface area (Å²) in [5.74, 6) is -0.807. The van der Waals surface area contributed by atoms with Crippen LogP contribution in [0.3, 0.4) is 0 Å². The second-order valence-corrected chi connectivity index (χ2v) is 4.34. The molecule has 0 saturated carbocycles. The van der Waals surface area contributed by atoms with Gasteiger partial charge in [-0.25, -0.2) is 0 Å². The van der Waals surface area contributed by atoms with Gasteiger partial charge in [-0.3, -0.25) is 10.1 Å². The lowest BCUT2D eigenvalue weighted by Gasteiger charge is -2.18. The van der Waals surface area contributed by atoms with Gasteiger partial charge in [0.25, 0.3) is 0 Å². The molecule has 0 N–H and O–H groups in total. The Morgan fingerprint density at radius 3 is 3.11 bits per heavy atom. The Morgan fingerprint density at radius 2 is 2.42 bits per heavy atom. The van der Waals surface area contributed by atoms with E-state index in [2.05, 4.69) is 6.58 Å². The molecule has 0 amide bonds. The summed E-state index contributed by atoms with van der Waals surface area (Å²) in [6.45, 7) is 5.16. The van der Waals surface area contributed by atoms with Crippen LogP contribution in [0.15, 0.2) is 30.9 Å². The third-order valence-electron chi connectivity index (χ3n) is 3.08. The van der Waals surface area contributed by atoms with Crippen molar-refractivity contribution < 1.29 is 14.1 Å². The van der Waals surface area contributed by atoms with Crippen LogP contribution in [-0.2, 0) is 4.74 Å². The minimum atomic E-state index is -0.807. The van der Waals surface area contributed by atoms with Gasteiger partial charge < -0.3 is 9.64 Å². The fourth-order valence-electron chi connectivity index (χ4n) is 2.23. The molecule has 5 nitrogen and oxygen atoms in total. The molecule has 1 aromatic rings. The second-order valence-electron chi connectivity index (χ2n) is 4.34. The van der Waals surface area contributed by atoms with Gasteiger partial charge in [0.1, 0.15) is 5.69 Å². The molecule has 1 unspecified atom stereocenters. The predicted octanol–water partition coefficient (Wildman–Crippen LogP) is 2.52. The first kappa shape index (κ1) is 13.5. The third kappa shape index (κ3) is 2.90. The van der Waals surface area contributed by atoms with Crippen molar-refractivity contribution in [2.45, 2.75) is 12.5 Å². The zero-order valence-electron chi connectivity index (χ0n) is 10.4. The molecule has 1 aromatic carbocycles. The normalized spacial score (nSPS) is 18.6. The van der Waals surface area contributed by atoms with Gasteiger partial charge in [-0.05, 0) is 18.6 Å². The van der Waals surface area contributed by atoms with E-state index in [1.807, 2.05) is 0 Å². The molecule has 0 spiro atoms. The lowest BCUT2D eigenvalue weighted by atomic mass is 10.2. The average Bonchev–Trinajstić information content (AvgIpc) is 2.84. The van der Waals surface area contributed by atoms with Gasteiger partial charge in [0, 0.05) is 13.1 Å². The van der Waals surface area contributed by atoms with Crippen LogP contribution in [0.4, 0.5) is 15.8 Å². The summed E-state index contributed by atoms with van der Waals surface area (Å²) in [5.41, 5.74) is -0.151. The highest BCUT2D eigenvalue weighted by Gasteiger charge is 2.29. The number of hydrogen-bond acceptors (Lipinski definition) is 4. The molecule has 1 heterocycles. The van der Waals surface area contributed by atoms with E-state index in [0.29, 0.717) is 25.4 Å². The maximum Gasteiger partial charge on any atom is 0.327 e. The molecule has 2 rings (SSSR count). The first-order valence-corrected chi connectivity index (χ1v) is 6.04. The highest BCUT2D eigenvalue weighted by atomic mass is 19.1. The van der Waals surface area contributed by atoms with Crippen molar-refractivity contribution in [3.63, 3.8) is 0 Å². The highest BCUT2D eigenvalue weighted by molar-refractivity contribution is 5.64. The average molecular weight is 266 g/mol. The van der Waals surface area contributed by atoms with Gasteiger partial charge in [0.15, 0.2) is 0 Å². The van der Waals surface area contributed by atoms with Crippen LogP contribution in [0.2, 0.25) is 0 Å². The van der Waals surface area contributed by atoms with Crippen molar-refractivity contribution >= 4 is 11.4 Å². The van der Waals surface area contributed by atoms with E-state index in [4.69, 9.17) is 4.74 Å². The van der Waals surface area contributed by atoms with Crippen LogP contribution in [0.25, 0.3) is 0 Å². The Bertz CT molecular complexity index is 493. The standard InChI is InChI=1S/C13H15FN2O3/c1-2-8-19-10-6-7-15(9-10)12-5-3-4-11(14)13(12)16(17)18/h2-5,10H,1,6-9H2. The van der Waals surface area contributed by atoms with E-state index in [1.54, 1.807) is 17.0 Å². The summed E-state index contributed by atoms with van der Waals surface area (Å²) < 4.78 is 19.1. The minimum Gasteiger partial charge on any atom is -0.372 e. The van der Waals surface area contributed by atoms with Crippen molar-refractivity contribution in [1.29, 1.82) is 0 Å². The number of anilines is 1. The Hall–Kier alpha value is -1.95. The largest absolute Gasteiger partial charge is 0.372 e. The molecular formula is C13H15FN2O3. The Labute approximate surface area is 110 Å². The van der Waals surface area contributed by atoms with Crippen molar-refractivity contribution in [2.24, 2.45) is 0 Å². The number of nitrogens with zero attached hydrogens (tertiary/aromatic N) is 2. The van der Waals surface area contributed by atoms with E-state index in [1.165, 1.54) is 6.07 Å². The Balaban J connectivity index is 2.17. The summed E-state index contributed by atoms with van der Waals surface area (Å²) >= 11 is 0. The third-order valence-corrected chi connectivity index (χ3v) is 3.08. The van der Waals surface area contributed by atoms with Gasteiger partial charge in [0.2, 0.25) is 5.82 Å². The molecule has 1 aliphatic rings. The number of ether oxygens (including phenoxy) is 1. The summed E-state index contributed by atoms with van der Waals surface area (Å²) in [7, 11) is 0. The van der Waals surface area contributed by atoms with Crippen LogP contribution < -0.4 is 4.90 Å². The number of nitro groups is 1. The summed E-state index contributed by atoms with van der Waals surface area (Å²) in [4.78, 5) is 12.1. The summed E-state index contributed by atoms with van der Waals surface area (Å²) in [6.07, 6.45) is 2.43. The first-order chi connectivity index (χ1) is 9.13. The van der Waals surface area contributed by atoms with E-state index in [0.717, 1.165) is 12.5 Å². The molecule has 102 valence electrons. The number of hydrogen-bond donors (Lipinski definition) is 0. The molecular weight excluding hydrogens is 251 g/mol. The Kier molecular flexibility index (Phi) is 4.11. The SMILES string of the molecule is C=CCOC1CCN(c2cccc(F)c2[N+](=O)[O-])C1. The molecule has 0 radical (unpaired) electrons. The van der Waals surface area contributed by atoms with Crippen molar-refractivity contribution in [3.05, 3.63) is 46.8 Å². The molecule has 1 fully saturated rings. The maximum absolute atomic E-state index is 13.5. The zero-order valence-corrected chi connectivity index (χ0v) is 10.4. The summed E-state index contributed by atoms with van der Waals surface area (Å²) in [5, 5.41) is 10.9. The van der Waals surface area contributed by atoms with Crippen LogP contribution in [0.1, 0.15) is 6.42 Å². The van der Waals surface area contributed by atoms with Gasteiger partial charge in [-0.1, -0.05) is 12.1 Å². The molecule has 1 aliphatic heterocycles. The van der Waals surface area contributed by atoms with E-state index < -0.39 is 16.4 Å². The number of rotatable bonds is 5. The number of nitro benzene ring substituents is 1. The highest BCUT2D eigenvalue weighted by Crippen LogP contribution is 2.33. The number of benzene rings is 1. The van der Waals surface area contributed by atoms with Crippen LogP contribution in [-0.4, -0.2) is 30.7 Å². The Morgan fingerprint density at radius 1 is 1.63 bits per heavy atom. The van der Waals surface area contributed by atoms with Gasteiger partial charge >= 0.3 is 5.69 Å². The lowest BCUT2D eigenvalue weighted by molar-refractivity contribution is -0.386. The van der Waals surface area contributed by atoms with Crippen LogP contribution >= 0.6 is 0 Å². The molecule has 19 heavy (non-hydrogen) atoms. The first-order valence-electron chi connectivity index (χ1n) is 6.04. The van der Waals surface area contributed by atoms with Gasteiger partial charge in [-0.2, -0.15) is 4.39 Å². The van der Waals surface area contributed by atoms with E-state index in [-0.39, 0.29) is 6.10 Å². The van der Waals surface area contributed by atoms with Crippen LogP contribution in [0, 0.1) is 15.9 Å². The van der Waals surface area contributed by atoms with Crippen molar-refractivity contribution in [3.8, 4) is 0 Å². The second kappa shape index (κ2) is 5.79. The van der Waals surface area contributed by atoms with E-state index >= 15 is 0 Å². The molecule has 0 bridgehead atoms. The fourth-order valence-corrected chi connectivity index (χ4v) is 2.23. The quantitative estimate of drug-likeness (QED) is 0.467. The van der Waals surface area contributed by atoms with Crippen LogP contribution in [0.5, 0.6) is 0 Å². The fraction of sp³-hybridized carbons (Fsp3) is 0.385. The van der Waals surface area contributed by atoms with Crippen molar-refractivity contribution in [2.75, 3.05) is 24.6 Å². The molecule has 0 aliphatic carbocycles. The maximum atomic E-state index is 13.5. The summed E-state index contributed by atoms with van der Waals surface area (Å²) in [6, 6.07) is 4.15. The molecule has 1 atom stereocenters. The number of para-hydroxylation sites is 1. The molecule has 6 heteroatoms. The smallest absolute Gasteiger partial charge is 0.327 e.